The molecule has 0 radical (unpaired) electrons. The van der Waals surface area contributed by atoms with E-state index in [1.165, 1.54) is 0 Å². The molecule has 0 saturated carbocycles. The van der Waals surface area contributed by atoms with Crippen LogP contribution in [0.15, 0.2) is 59.4 Å². The normalized spacial score (nSPS) is 10.4. The summed E-state index contributed by atoms with van der Waals surface area (Å²) in [6, 6.07) is 15.9. The Kier molecular flexibility index (Phi) is 3.80. The fourth-order valence-electron chi connectivity index (χ4n) is 2.08. The topological polar surface area (TPSA) is 78.0 Å². The summed E-state index contributed by atoms with van der Waals surface area (Å²) in [5.74, 6) is -0.191. The van der Waals surface area contributed by atoms with Crippen LogP contribution in [0.25, 0.3) is 11.1 Å². The fraction of sp³-hybridized carbons (Fsp3) is 0. The van der Waals surface area contributed by atoms with Crippen LogP contribution in [0.5, 0.6) is 5.88 Å². The summed E-state index contributed by atoms with van der Waals surface area (Å²) >= 11 is 5.91. The van der Waals surface area contributed by atoms with Crippen molar-refractivity contribution in [2.45, 2.75) is 0 Å². The first-order valence-corrected chi connectivity index (χ1v) is 6.92. The molecule has 0 atom stereocenters. The lowest BCUT2D eigenvalue weighted by atomic mass is 10.1. The number of aromatic nitrogens is 2. The van der Waals surface area contributed by atoms with Crippen LogP contribution in [0.2, 0.25) is 5.02 Å². The molecule has 3 aromatic rings. The number of aromatic hydroxyl groups is 1. The Bertz CT molecular complexity index is 863. The van der Waals surface area contributed by atoms with Crippen LogP contribution in [-0.2, 0) is 0 Å². The molecule has 1 heterocycles. The molecule has 0 saturated heterocycles. The summed E-state index contributed by atoms with van der Waals surface area (Å²) in [4.78, 5) is 18.8. The van der Waals surface area contributed by atoms with Crippen LogP contribution >= 0.6 is 11.6 Å². The number of hydrogen-bond donors (Lipinski definition) is 3. The van der Waals surface area contributed by atoms with Crippen molar-refractivity contribution < 1.29 is 5.11 Å². The van der Waals surface area contributed by atoms with Crippen LogP contribution in [0.3, 0.4) is 0 Å². The van der Waals surface area contributed by atoms with Crippen molar-refractivity contribution in [3.8, 4) is 17.0 Å². The van der Waals surface area contributed by atoms with Gasteiger partial charge in [0, 0.05) is 10.7 Å². The van der Waals surface area contributed by atoms with Crippen molar-refractivity contribution >= 4 is 23.2 Å². The second kappa shape index (κ2) is 5.91. The maximum absolute atomic E-state index is 12.2. The molecule has 0 fully saturated rings. The van der Waals surface area contributed by atoms with E-state index in [9.17, 15) is 9.90 Å². The lowest BCUT2D eigenvalue weighted by Gasteiger charge is -2.08. The average Bonchev–Trinajstić information content (AvgIpc) is 2.47. The van der Waals surface area contributed by atoms with Gasteiger partial charge in [0.05, 0.1) is 0 Å². The quantitative estimate of drug-likeness (QED) is 0.691. The number of benzene rings is 2. The monoisotopic (exact) mass is 313 g/mol. The Balaban J connectivity index is 2.00. The van der Waals surface area contributed by atoms with Crippen molar-refractivity contribution in [2.75, 3.05) is 5.32 Å². The molecule has 0 unspecified atom stereocenters. The molecular formula is C16H12ClN3O2. The predicted octanol–water partition coefficient (Wildman–Crippen LogP) is 3.54. The van der Waals surface area contributed by atoms with E-state index in [0.29, 0.717) is 10.6 Å². The molecule has 2 aromatic carbocycles. The summed E-state index contributed by atoms with van der Waals surface area (Å²) in [6.45, 7) is 0. The number of aromatic amines is 1. The van der Waals surface area contributed by atoms with Crippen molar-refractivity contribution in [1.29, 1.82) is 0 Å². The van der Waals surface area contributed by atoms with Crippen LogP contribution < -0.4 is 10.9 Å². The molecule has 5 nitrogen and oxygen atoms in total. The van der Waals surface area contributed by atoms with E-state index in [-0.39, 0.29) is 17.4 Å². The predicted molar refractivity (Wildman–Crippen MR) is 86.7 cm³/mol. The number of halogens is 1. The summed E-state index contributed by atoms with van der Waals surface area (Å²) in [6.07, 6.45) is 0. The van der Waals surface area contributed by atoms with Gasteiger partial charge >= 0.3 is 0 Å². The number of H-pyrrole nitrogens is 1. The molecule has 3 rings (SSSR count). The standard InChI is InChI=1S/C16H12ClN3O2/c17-11-6-4-5-10(9-11)13-14(21)19-16(20-15(13)22)18-12-7-2-1-3-8-12/h1-9H,(H3,18,19,20,21,22). The number of hydrogen-bond acceptors (Lipinski definition) is 4. The molecule has 6 heteroatoms. The average molecular weight is 314 g/mol. The zero-order chi connectivity index (χ0) is 15.5. The molecule has 3 N–H and O–H groups in total. The highest BCUT2D eigenvalue weighted by Crippen LogP contribution is 2.26. The summed E-state index contributed by atoms with van der Waals surface area (Å²) in [7, 11) is 0. The fourth-order valence-corrected chi connectivity index (χ4v) is 2.27. The molecule has 0 bridgehead atoms. The summed E-state index contributed by atoms with van der Waals surface area (Å²) in [5.41, 5.74) is 0.889. The number of para-hydroxylation sites is 1. The summed E-state index contributed by atoms with van der Waals surface area (Å²) < 4.78 is 0. The molecule has 0 spiro atoms. The van der Waals surface area contributed by atoms with Crippen LogP contribution in [0.1, 0.15) is 0 Å². The van der Waals surface area contributed by atoms with Gasteiger partial charge in [-0.15, -0.1) is 0 Å². The van der Waals surface area contributed by atoms with E-state index in [1.54, 1.807) is 24.3 Å². The minimum absolute atomic E-state index is 0.0844. The second-order valence-corrected chi connectivity index (χ2v) is 5.05. The largest absolute Gasteiger partial charge is 0.493 e. The van der Waals surface area contributed by atoms with Crippen molar-refractivity contribution in [1.82, 2.24) is 9.97 Å². The third-order valence-electron chi connectivity index (χ3n) is 3.05. The van der Waals surface area contributed by atoms with Crippen LogP contribution in [-0.4, -0.2) is 15.1 Å². The molecular weight excluding hydrogens is 302 g/mol. The van der Waals surface area contributed by atoms with Gasteiger partial charge in [-0.25, -0.2) is 0 Å². The minimum Gasteiger partial charge on any atom is -0.493 e. The first kappa shape index (κ1) is 14.2. The maximum atomic E-state index is 12.2. The first-order chi connectivity index (χ1) is 10.6. The van der Waals surface area contributed by atoms with Crippen LogP contribution in [0.4, 0.5) is 11.6 Å². The second-order valence-electron chi connectivity index (χ2n) is 4.61. The van der Waals surface area contributed by atoms with E-state index in [4.69, 9.17) is 11.6 Å². The third kappa shape index (κ3) is 2.94. The van der Waals surface area contributed by atoms with Crippen LogP contribution in [0, 0.1) is 0 Å². The molecule has 110 valence electrons. The molecule has 0 aliphatic carbocycles. The first-order valence-electron chi connectivity index (χ1n) is 6.55. The Morgan fingerprint density at radius 2 is 1.86 bits per heavy atom. The van der Waals surface area contributed by atoms with E-state index < -0.39 is 5.56 Å². The Morgan fingerprint density at radius 3 is 2.55 bits per heavy atom. The van der Waals surface area contributed by atoms with Gasteiger partial charge in [-0.2, -0.15) is 4.98 Å². The molecule has 0 aliphatic heterocycles. The number of anilines is 2. The van der Waals surface area contributed by atoms with Gasteiger partial charge in [0.2, 0.25) is 11.8 Å². The molecule has 0 aliphatic rings. The molecule has 22 heavy (non-hydrogen) atoms. The highest BCUT2D eigenvalue weighted by atomic mass is 35.5. The number of nitrogens with zero attached hydrogens (tertiary/aromatic N) is 1. The smallest absolute Gasteiger partial charge is 0.264 e. The van der Waals surface area contributed by atoms with Gasteiger partial charge in [-0.1, -0.05) is 41.9 Å². The Labute approximate surface area is 131 Å². The van der Waals surface area contributed by atoms with Gasteiger partial charge in [-0.05, 0) is 29.8 Å². The van der Waals surface area contributed by atoms with Crippen molar-refractivity contribution in [3.05, 3.63) is 70.0 Å². The van der Waals surface area contributed by atoms with E-state index in [1.807, 2.05) is 30.3 Å². The van der Waals surface area contributed by atoms with Gasteiger partial charge < -0.3 is 10.4 Å². The lowest BCUT2D eigenvalue weighted by molar-refractivity contribution is 0.454. The zero-order valence-corrected chi connectivity index (χ0v) is 12.1. The van der Waals surface area contributed by atoms with Crippen molar-refractivity contribution in [3.63, 3.8) is 0 Å². The SMILES string of the molecule is O=c1[nH]c(Nc2ccccc2)nc(O)c1-c1cccc(Cl)c1. The Morgan fingerprint density at radius 1 is 1.09 bits per heavy atom. The lowest BCUT2D eigenvalue weighted by Crippen LogP contribution is -2.13. The van der Waals surface area contributed by atoms with E-state index in [0.717, 1.165) is 5.69 Å². The van der Waals surface area contributed by atoms with E-state index >= 15 is 0 Å². The molecule has 0 amide bonds. The van der Waals surface area contributed by atoms with Gasteiger partial charge in [0.25, 0.3) is 5.56 Å². The van der Waals surface area contributed by atoms with Gasteiger partial charge in [0.1, 0.15) is 5.56 Å². The third-order valence-corrected chi connectivity index (χ3v) is 3.29. The van der Waals surface area contributed by atoms with E-state index in [2.05, 4.69) is 15.3 Å². The highest BCUT2D eigenvalue weighted by molar-refractivity contribution is 6.30. The van der Waals surface area contributed by atoms with Gasteiger partial charge in [0.15, 0.2) is 0 Å². The highest BCUT2D eigenvalue weighted by Gasteiger charge is 2.13. The minimum atomic E-state index is -0.451. The molecule has 1 aromatic heterocycles. The number of nitrogens with one attached hydrogen (secondary N) is 2. The maximum Gasteiger partial charge on any atom is 0.264 e. The number of rotatable bonds is 3. The zero-order valence-electron chi connectivity index (χ0n) is 11.4. The Hall–Kier alpha value is -2.79. The summed E-state index contributed by atoms with van der Waals surface area (Å²) in [5, 5.41) is 13.5. The van der Waals surface area contributed by atoms with Gasteiger partial charge in [-0.3, -0.25) is 9.78 Å². The van der Waals surface area contributed by atoms with Crippen molar-refractivity contribution in [2.24, 2.45) is 0 Å².